The summed E-state index contributed by atoms with van der Waals surface area (Å²) < 4.78 is 0. The Morgan fingerprint density at radius 2 is 1.73 bits per heavy atom. The summed E-state index contributed by atoms with van der Waals surface area (Å²) in [6.07, 6.45) is 1.18. The van der Waals surface area contributed by atoms with E-state index >= 15 is 0 Å². The number of hydrogen-bond donors (Lipinski definition) is 0. The molecule has 0 aliphatic rings. The Morgan fingerprint density at radius 3 is 2.00 bits per heavy atom. The van der Waals surface area contributed by atoms with E-state index in [4.69, 9.17) is 0 Å². The van der Waals surface area contributed by atoms with Gasteiger partial charge < -0.3 is 0 Å². The standard InChI is InChI=1S/C9H20N2/c1-6-8(4)9(7(2)3)11-10-5/h7-9H,6H2,1-5H3/b11-10-. The molecule has 0 aliphatic heterocycles. The van der Waals surface area contributed by atoms with Crippen molar-refractivity contribution in [2.45, 2.75) is 40.2 Å². The lowest BCUT2D eigenvalue weighted by Gasteiger charge is -2.20. The Bertz CT molecular complexity index is 119. The summed E-state index contributed by atoms with van der Waals surface area (Å²) in [5, 5.41) is 8.07. The number of rotatable bonds is 4. The zero-order chi connectivity index (χ0) is 8.85. The lowest BCUT2D eigenvalue weighted by atomic mass is 9.91. The highest BCUT2D eigenvalue weighted by Gasteiger charge is 2.18. The Balaban J connectivity index is 4.09. The summed E-state index contributed by atoms with van der Waals surface area (Å²) in [5.74, 6) is 1.26. The SMILES string of the molecule is CCC(C)C(/N=N\C)C(C)C. The maximum absolute atomic E-state index is 4.22. The van der Waals surface area contributed by atoms with E-state index < -0.39 is 0 Å². The van der Waals surface area contributed by atoms with Gasteiger partial charge in [0.1, 0.15) is 0 Å². The lowest BCUT2D eigenvalue weighted by molar-refractivity contribution is 0.346. The van der Waals surface area contributed by atoms with Gasteiger partial charge in [-0.1, -0.05) is 34.1 Å². The Hall–Kier alpha value is -0.400. The molecule has 0 aromatic rings. The molecule has 0 amide bonds. The molecule has 0 saturated carbocycles. The first-order valence-electron chi connectivity index (χ1n) is 4.42. The Labute approximate surface area is 70.1 Å². The molecule has 2 atom stereocenters. The molecule has 2 nitrogen and oxygen atoms in total. The van der Waals surface area contributed by atoms with Crippen molar-refractivity contribution < 1.29 is 0 Å². The van der Waals surface area contributed by atoms with Gasteiger partial charge in [0.2, 0.25) is 0 Å². The number of hydrogen-bond acceptors (Lipinski definition) is 2. The van der Waals surface area contributed by atoms with Crippen molar-refractivity contribution in [3.63, 3.8) is 0 Å². The maximum atomic E-state index is 4.22. The van der Waals surface area contributed by atoms with Crippen molar-refractivity contribution in [2.24, 2.45) is 22.1 Å². The van der Waals surface area contributed by atoms with Crippen LogP contribution in [0.15, 0.2) is 10.2 Å². The van der Waals surface area contributed by atoms with E-state index in [1.165, 1.54) is 6.42 Å². The molecule has 0 bridgehead atoms. The Morgan fingerprint density at radius 1 is 1.18 bits per heavy atom. The van der Waals surface area contributed by atoms with E-state index in [9.17, 15) is 0 Å². The van der Waals surface area contributed by atoms with Gasteiger partial charge in [0.05, 0.1) is 6.04 Å². The zero-order valence-electron chi connectivity index (χ0n) is 8.33. The van der Waals surface area contributed by atoms with E-state index in [1.807, 2.05) is 0 Å². The van der Waals surface area contributed by atoms with Gasteiger partial charge in [0.15, 0.2) is 0 Å². The summed E-state index contributed by atoms with van der Waals surface area (Å²) in [4.78, 5) is 0. The summed E-state index contributed by atoms with van der Waals surface area (Å²) in [7, 11) is 1.75. The highest BCUT2D eigenvalue weighted by Crippen LogP contribution is 2.19. The van der Waals surface area contributed by atoms with E-state index in [0.29, 0.717) is 17.9 Å². The van der Waals surface area contributed by atoms with Crippen molar-refractivity contribution in [1.29, 1.82) is 0 Å². The van der Waals surface area contributed by atoms with Gasteiger partial charge in [-0.05, 0) is 11.8 Å². The van der Waals surface area contributed by atoms with Gasteiger partial charge in [-0.2, -0.15) is 10.2 Å². The quantitative estimate of drug-likeness (QED) is 0.559. The summed E-state index contributed by atoms with van der Waals surface area (Å²) in [6.45, 7) is 8.83. The van der Waals surface area contributed by atoms with Crippen molar-refractivity contribution in [1.82, 2.24) is 0 Å². The number of azo groups is 1. The third kappa shape index (κ3) is 3.49. The van der Waals surface area contributed by atoms with Crippen LogP contribution in [-0.2, 0) is 0 Å². The van der Waals surface area contributed by atoms with Gasteiger partial charge in [0, 0.05) is 7.05 Å². The molecule has 2 heteroatoms. The average Bonchev–Trinajstić information content (AvgIpc) is 1.98. The van der Waals surface area contributed by atoms with E-state index in [0.717, 1.165) is 0 Å². The molecule has 0 radical (unpaired) electrons. The minimum atomic E-state index is 0.407. The normalized spacial score (nSPS) is 17.6. The fraction of sp³-hybridized carbons (Fsp3) is 1.00. The fourth-order valence-corrected chi connectivity index (χ4v) is 1.28. The zero-order valence-corrected chi connectivity index (χ0v) is 8.33. The third-order valence-electron chi connectivity index (χ3n) is 2.16. The smallest absolute Gasteiger partial charge is 0.0756 e. The topological polar surface area (TPSA) is 24.7 Å². The van der Waals surface area contributed by atoms with Crippen LogP contribution in [0.1, 0.15) is 34.1 Å². The molecule has 0 fully saturated rings. The second-order valence-corrected chi connectivity index (χ2v) is 3.44. The molecule has 0 N–H and O–H groups in total. The van der Waals surface area contributed by atoms with Crippen LogP contribution >= 0.6 is 0 Å². The summed E-state index contributed by atoms with van der Waals surface area (Å²) >= 11 is 0. The van der Waals surface area contributed by atoms with Crippen molar-refractivity contribution in [2.75, 3.05) is 7.05 Å². The van der Waals surface area contributed by atoms with E-state index in [2.05, 4.69) is 37.9 Å². The first-order valence-corrected chi connectivity index (χ1v) is 4.42. The molecule has 0 aliphatic carbocycles. The van der Waals surface area contributed by atoms with E-state index in [-0.39, 0.29) is 0 Å². The first-order chi connectivity index (χ1) is 5.13. The average molecular weight is 156 g/mol. The second kappa shape index (κ2) is 5.28. The van der Waals surface area contributed by atoms with Crippen molar-refractivity contribution >= 4 is 0 Å². The molecule has 0 heterocycles. The molecular formula is C9H20N2. The van der Waals surface area contributed by atoms with Gasteiger partial charge in [-0.15, -0.1) is 0 Å². The van der Waals surface area contributed by atoms with Crippen LogP contribution in [0.4, 0.5) is 0 Å². The summed E-state index contributed by atoms with van der Waals surface area (Å²) in [6, 6.07) is 0.407. The molecule has 66 valence electrons. The van der Waals surface area contributed by atoms with Crippen LogP contribution in [0.25, 0.3) is 0 Å². The molecule has 0 spiro atoms. The monoisotopic (exact) mass is 156 g/mol. The molecule has 2 unspecified atom stereocenters. The predicted molar refractivity (Wildman–Crippen MR) is 48.9 cm³/mol. The van der Waals surface area contributed by atoms with Gasteiger partial charge in [0.25, 0.3) is 0 Å². The van der Waals surface area contributed by atoms with Crippen LogP contribution in [0.2, 0.25) is 0 Å². The highest BCUT2D eigenvalue weighted by atomic mass is 15.1. The molecule has 0 aromatic heterocycles. The minimum Gasteiger partial charge on any atom is -0.197 e. The molecule has 0 rings (SSSR count). The predicted octanol–water partition coefficient (Wildman–Crippen LogP) is 3.14. The molecule has 11 heavy (non-hydrogen) atoms. The fourth-order valence-electron chi connectivity index (χ4n) is 1.28. The van der Waals surface area contributed by atoms with Crippen LogP contribution in [-0.4, -0.2) is 13.1 Å². The third-order valence-corrected chi connectivity index (χ3v) is 2.16. The van der Waals surface area contributed by atoms with Gasteiger partial charge in [-0.3, -0.25) is 0 Å². The van der Waals surface area contributed by atoms with Crippen molar-refractivity contribution in [3.8, 4) is 0 Å². The molecule has 0 aromatic carbocycles. The van der Waals surface area contributed by atoms with E-state index in [1.54, 1.807) is 7.05 Å². The van der Waals surface area contributed by atoms with Crippen LogP contribution in [0.3, 0.4) is 0 Å². The van der Waals surface area contributed by atoms with Gasteiger partial charge in [-0.25, -0.2) is 0 Å². The Kier molecular flexibility index (Phi) is 5.08. The van der Waals surface area contributed by atoms with Crippen LogP contribution in [0.5, 0.6) is 0 Å². The highest BCUT2D eigenvalue weighted by molar-refractivity contribution is 4.73. The van der Waals surface area contributed by atoms with Crippen LogP contribution in [0, 0.1) is 11.8 Å². The molecule has 0 saturated heterocycles. The molecular weight excluding hydrogens is 136 g/mol. The van der Waals surface area contributed by atoms with Crippen LogP contribution < -0.4 is 0 Å². The van der Waals surface area contributed by atoms with Crippen molar-refractivity contribution in [3.05, 3.63) is 0 Å². The maximum Gasteiger partial charge on any atom is 0.0756 e. The lowest BCUT2D eigenvalue weighted by Crippen LogP contribution is -2.21. The first kappa shape index (κ1) is 10.6. The van der Waals surface area contributed by atoms with Gasteiger partial charge >= 0.3 is 0 Å². The largest absolute Gasteiger partial charge is 0.197 e. The minimum absolute atomic E-state index is 0.407. The summed E-state index contributed by atoms with van der Waals surface area (Å²) in [5.41, 5.74) is 0. The second-order valence-electron chi connectivity index (χ2n) is 3.44. The number of nitrogens with zero attached hydrogens (tertiary/aromatic N) is 2.